The molecule has 0 aliphatic rings. The Bertz CT molecular complexity index is 921. The van der Waals surface area contributed by atoms with Gasteiger partial charge in [0.05, 0.1) is 16.8 Å². The number of hydrogen-bond donors (Lipinski definition) is 2. The molecule has 3 rings (SSSR count). The van der Waals surface area contributed by atoms with Gasteiger partial charge in [-0.2, -0.15) is 0 Å². The van der Waals surface area contributed by atoms with Crippen LogP contribution in [0.3, 0.4) is 0 Å². The molecule has 0 aliphatic carbocycles. The van der Waals surface area contributed by atoms with Crippen molar-refractivity contribution < 1.29 is 9.90 Å². The number of phenols is 1. The summed E-state index contributed by atoms with van der Waals surface area (Å²) in [5, 5.41) is 13.4. The van der Waals surface area contributed by atoms with Gasteiger partial charge in [0, 0.05) is 29.7 Å². The first-order chi connectivity index (χ1) is 11.9. The van der Waals surface area contributed by atoms with Crippen LogP contribution in [0.2, 0.25) is 0 Å². The lowest BCUT2D eigenvalue weighted by molar-refractivity contribution is 0.0944. The zero-order chi connectivity index (χ0) is 18.0. The van der Waals surface area contributed by atoms with Crippen LogP contribution in [-0.2, 0) is 5.41 Å². The Morgan fingerprint density at radius 1 is 1.24 bits per heavy atom. The van der Waals surface area contributed by atoms with Crippen molar-refractivity contribution in [2.75, 3.05) is 6.54 Å². The Kier molecular flexibility index (Phi) is 4.40. The maximum absolute atomic E-state index is 12.6. The van der Waals surface area contributed by atoms with E-state index in [4.69, 9.17) is 0 Å². The maximum Gasteiger partial charge on any atom is 0.253 e. The van der Waals surface area contributed by atoms with Crippen LogP contribution < -0.4 is 5.32 Å². The summed E-state index contributed by atoms with van der Waals surface area (Å²) in [5.74, 6) is -0.0190. The number of carbonyl (C=O) groups excluding carboxylic acids is 1. The summed E-state index contributed by atoms with van der Waals surface area (Å²) in [6.45, 7) is 6.42. The Morgan fingerprint density at radius 2 is 2.04 bits per heavy atom. The molecule has 0 atom stereocenters. The second-order valence-corrected chi connectivity index (χ2v) is 6.81. The molecule has 0 fully saturated rings. The fourth-order valence-corrected chi connectivity index (χ4v) is 2.75. The monoisotopic (exact) mass is 335 g/mol. The normalized spacial score (nSPS) is 11.5. The number of phenolic OH excluding ortho intramolecular Hbond substituents is 1. The second-order valence-electron chi connectivity index (χ2n) is 6.81. The van der Waals surface area contributed by atoms with Gasteiger partial charge in [0.1, 0.15) is 5.75 Å². The molecule has 0 aliphatic heterocycles. The number of aromatic nitrogens is 2. The molecule has 2 aromatic heterocycles. The Balaban J connectivity index is 1.81. The highest BCUT2D eigenvalue weighted by Crippen LogP contribution is 2.23. The average molecular weight is 335 g/mol. The van der Waals surface area contributed by atoms with E-state index < -0.39 is 0 Å². The van der Waals surface area contributed by atoms with Gasteiger partial charge in [0.15, 0.2) is 0 Å². The van der Waals surface area contributed by atoms with Gasteiger partial charge in [0.25, 0.3) is 5.91 Å². The molecule has 0 bridgehead atoms. The first-order valence-corrected chi connectivity index (χ1v) is 8.16. The van der Waals surface area contributed by atoms with Crippen LogP contribution in [0.5, 0.6) is 5.75 Å². The van der Waals surface area contributed by atoms with Crippen LogP contribution in [0.25, 0.3) is 10.9 Å². The number of carbonyl (C=O) groups is 1. The van der Waals surface area contributed by atoms with Crippen LogP contribution in [-0.4, -0.2) is 27.5 Å². The molecule has 2 heterocycles. The standard InChI is InChI=1S/C20H21N3O2/c1-13-17(10-14-9-16(24)6-7-18(14)23-13)19(25)22-12-20(2,3)15-5-4-8-21-11-15/h4-11,24H,12H2,1-3H3,(H,22,25). The lowest BCUT2D eigenvalue weighted by atomic mass is 9.85. The van der Waals surface area contributed by atoms with E-state index in [2.05, 4.69) is 29.1 Å². The van der Waals surface area contributed by atoms with Crippen LogP contribution in [0.1, 0.15) is 35.5 Å². The summed E-state index contributed by atoms with van der Waals surface area (Å²) in [5.41, 5.74) is 2.76. The molecular formula is C20H21N3O2. The third kappa shape index (κ3) is 3.60. The number of hydrogen-bond acceptors (Lipinski definition) is 4. The van der Waals surface area contributed by atoms with Crippen molar-refractivity contribution in [2.24, 2.45) is 0 Å². The Labute approximate surface area is 146 Å². The van der Waals surface area contributed by atoms with Crippen LogP contribution in [0.4, 0.5) is 0 Å². The zero-order valence-electron chi connectivity index (χ0n) is 14.6. The van der Waals surface area contributed by atoms with Crippen molar-refractivity contribution >= 4 is 16.8 Å². The van der Waals surface area contributed by atoms with Crippen molar-refractivity contribution in [1.29, 1.82) is 0 Å². The summed E-state index contributed by atoms with van der Waals surface area (Å²) >= 11 is 0. The molecule has 0 saturated carbocycles. The first kappa shape index (κ1) is 16.9. The average Bonchev–Trinajstić information content (AvgIpc) is 2.60. The van der Waals surface area contributed by atoms with E-state index in [1.807, 2.05) is 25.3 Å². The van der Waals surface area contributed by atoms with Crippen molar-refractivity contribution in [2.45, 2.75) is 26.2 Å². The largest absolute Gasteiger partial charge is 0.508 e. The number of aromatic hydroxyl groups is 1. The minimum atomic E-state index is -0.236. The van der Waals surface area contributed by atoms with Gasteiger partial charge < -0.3 is 10.4 Å². The van der Waals surface area contributed by atoms with Crippen molar-refractivity contribution in [1.82, 2.24) is 15.3 Å². The number of rotatable bonds is 4. The van der Waals surface area contributed by atoms with Gasteiger partial charge in [0.2, 0.25) is 0 Å². The van der Waals surface area contributed by atoms with Gasteiger partial charge in [-0.25, -0.2) is 0 Å². The number of pyridine rings is 2. The number of aryl methyl sites for hydroxylation is 1. The highest BCUT2D eigenvalue weighted by atomic mass is 16.3. The van der Waals surface area contributed by atoms with Gasteiger partial charge in [-0.15, -0.1) is 0 Å². The quantitative estimate of drug-likeness (QED) is 0.767. The molecule has 1 aromatic carbocycles. The van der Waals surface area contributed by atoms with E-state index in [0.717, 1.165) is 16.5 Å². The predicted octanol–water partition coefficient (Wildman–Crippen LogP) is 3.35. The third-order valence-corrected chi connectivity index (χ3v) is 4.37. The lowest BCUT2D eigenvalue weighted by Crippen LogP contribution is -2.37. The number of benzene rings is 1. The van der Waals surface area contributed by atoms with Gasteiger partial charge in [-0.1, -0.05) is 19.9 Å². The van der Waals surface area contributed by atoms with E-state index in [1.54, 1.807) is 30.5 Å². The Hall–Kier alpha value is -2.95. The summed E-state index contributed by atoms with van der Waals surface area (Å²) in [6, 6.07) is 10.6. The highest BCUT2D eigenvalue weighted by molar-refractivity contribution is 5.98. The molecule has 25 heavy (non-hydrogen) atoms. The van der Waals surface area contributed by atoms with Gasteiger partial charge >= 0.3 is 0 Å². The summed E-state index contributed by atoms with van der Waals surface area (Å²) in [7, 11) is 0. The topological polar surface area (TPSA) is 75.1 Å². The molecule has 128 valence electrons. The summed E-state index contributed by atoms with van der Waals surface area (Å²) in [6.07, 6.45) is 3.55. The number of nitrogens with zero attached hydrogens (tertiary/aromatic N) is 2. The summed E-state index contributed by atoms with van der Waals surface area (Å²) in [4.78, 5) is 21.2. The minimum Gasteiger partial charge on any atom is -0.508 e. The van der Waals surface area contributed by atoms with Gasteiger partial charge in [-0.05, 0) is 42.8 Å². The van der Waals surface area contributed by atoms with Crippen molar-refractivity contribution in [3.8, 4) is 5.75 Å². The van der Waals surface area contributed by atoms with E-state index in [9.17, 15) is 9.90 Å². The van der Waals surface area contributed by atoms with Crippen LogP contribution in [0, 0.1) is 6.92 Å². The molecule has 0 saturated heterocycles. The number of nitrogens with one attached hydrogen (secondary N) is 1. The highest BCUT2D eigenvalue weighted by Gasteiger charge is 2.22. The molecule has 1 amide bonds. The van der Waals surface area contributed by atoms with E-state index >= 15 is 0 Å². The van der Waals surface area contributed by atoms with E-state index in [1.165, 1.54) is 0 Å². The fraction of sp³-hybridized carbons (Fsp3) is 0.250. The molecule has 0 spiro atoms. The van der Waals surface area contributed by atoms with E-state index in [0.29, 0.717) is 17.8 Å². The molecule has 0 unspecified atom stereocenters. The number of fused-ring (bicyclic) bond motifs is 1. The van der Waals surface area contributed by atoms with Gasteiger partial charge in [-0.3, -0.25) is 14.8 Å². The second kappa shape index (κ2) is 6.51. The molecule has 5 nitrogen and oxygen atoms in total. The third-order valence-electron chi connectivity index (χ3n) is 4.37. The lowest BCUT2D eigenvalue weighted by Gasteiger charge is -2.25. The minimum absolute atomic E-state index is 0.155. The first-order valence-electron chi connectivity index (χ1n) is 8.16. The SMILES string of the molecule is Cc1nc2ccc(O)cc2cc1C(=O)NCC(C)(C)c1cccnc1. The van der Waals surface area contributed by atoms with Crippen molar-refractivity contribution in [3.05, 3.63) is 65.6 Å². The van der Waals surface area contributed by atoms with Crippen LogP contribution >= 0.6 is 0 Å². The molecule has 2 N–H and O–H groups in total. The molecular weight excluding hydrogens is 314 g/mol. The maximum atomic E-state index is 12.6. The van der Waals surface area contributed by atoms with Crippen molar-refractivity contribution in [3.63, 3.8) is 0 Å². The fourth-order valence-electron chi connectivity index (χ4n) is 2.75. The van der Waals surface area contributed by atoms with Crippen LogP contribution in [0.15, 0.2) is 48.8 Å². The molecule has 0 radical (unpaired) electrons. The zero-order valence-corrected chi connectivity index (χ0v) is 14.6. The molecule has 3 aromatic rings. The molecule has 5 heteroatoms. The number of amides is 1. The van der Waals surface area contributed by atoms with E-state index in [-0.39, 0.29) is 17.1 Å². The predicted molar refractivity (Wildman–Crippen MR) is 97.7 cm³/mol. The Morgan fingerprint density at radius 3 is 2.76 bits per heavy atom. The smallest absolute Gasteiger partial charge is 0.253 e. The summed E-state index contributed by atoms with van der Waals surface area (Å²) < 4.78 is 0.